The van der Waals surface area contributed by atoms with Crippen LogP contribution < -0.4 is 0 Å². The van der Waals surface area contributed by atoms with Gasteiger partial charge in [-0.1, -0.05) is 0 Å². The standard InChI is InChI=1S/C8H10O9.Ca.2H/c9-5(10)1-3(7(13)14)17-4(8(15)16)2-6(11)12;;;/h3-4H,1-2H2,(H,9,10)(H,11,12)(H,13,14)(H,15,16);;;/q;+2;2*-1. The van der Waals surface area contributed by atoms with Gasteiger partial charge in [0.25, 0.3) is 0 Å². The maximum Gasteiger partial charge on any atom is 2.00 e. The van der Waals surface area contributed by atoms with Gasteiger partial charge in [-0.25, -0.2) is 9.59 Å². The third-order valence-corrected chi connectivity index (χ3v) is 1.60. The molecule has 0 bridgehead atoms. The number of carboxylic acid groups (broad SMARTS) is 4. The van der Waals surface area contributed by atoms with Gasteiger partial charge in [-0.05, 0) is 0 Å². The Balaban J connectivity index is -0.000000427. The van der Waals surface area contributed by atoms with E-state index in [4.69, 9.17) is 20.4 Å². The predicted molar refractivity (Wildman–Crippen MR) is 56.4 cm³/mol. The minimum atomic E-state index is -1.91. The second-order valence-electron chi connectivity index (χ2n) is 2.99. The van der Waals surface area contributed by atoms with E-state index in [9.17, 15) is 19.2 Å². The molecule has 0 rings (SSSR count). The van der Waals surface area contributed by atoms with Crippen LogP contribution in [0.3, 0.4) is 0 Å². The number of hydrogen-bond donors (Lipinski definition) is 4. The summed E-state index contributed by atoms with van der Waals surface area (Å²) < 4.78 is 4.43. The average molecular weight is 292 g/mol. The van der Waals surface area contributed by atoms with Crippen LogP contribution >= 0.6 is 0 Å². The molecule has 10 heteroatoms. The zero-order chi connectivity index (χ0) is 13.6. The summed E-state index contributed by atoms with van der Waals surface area (Å²) in [6.07, 6.45) is -5.74. The van der Waals surface area contributed by atoms with Crippen LogP contribution in [0.5, 0.6) is 0 Å². The minimum Gasteiger partial charge on any atom is -1.00 e. The number of carboxylic acids is 4. The van der Waals surface area contributed by atoms with E-state index >= 15 is 0 Å². The number of carbonyl (C=O) groups is 4. The fraction of sp³-hybridized carbons (Fsp3) is 0.500. The normalized spacial score (nSPS) is 12.9. The number of hydrogen-bond acceptors (Lipinski definition) is 5. The summed E-state index contributed by atoms with van der Waals surface area (Å²) in [5, 5.41) is 33.8. The van der Waals surface area contributed by atoms with Crippen molar-refractivity contribution >= 4 is 61.6 Å². The third kappa shape index (κ3) is 8.23. The molecule has 0 heterocycles. The van der Waals surface area contributed by atoms with Gasteiger partial charge in [0, 0.05) is 0 Å². The van der Waals surface area contributed by atoms with Crippen LogP contribution in [0.15, 0.2) is 0 Å². The molecule has 0 fully saturated rings. The predicted octanol–water partition coefficient (Wildman–Crippen LogP) is -1.30. The molecule has 0 aliphatic rings. The Morgan fingerprint density at radius 3 is 1.28 bits per heavy atom. The van der Waals surface area contributed by atoms with Gasteiger partial charge in [-0.2, -0.15) is 0 Å². The van der Waals surface area contributed by atoms with Crippen LogP contribution in [0.1, 0.15) is 15.7 Å². The monoisotopic (exact) mass is 292 g/mol. The summed E-state index contributed by atoms with van der Waals surface area (Å²) in [4.78, 5) is 41.7. The molecule has 0 aliphatic carbocycles. The van der Waals surface area contributed by atoms with Crippen molar-refractivity contribution in [3.8, 4) is 0 Å². The van der Waals surface area contributed by atoms with Gasteiger partial charge >= 0.3 is 61.6 Å². The van der Waals surface area contributed by atoms with Gasteiger partial charge in [0.15, 0.2) is 12.2 Å². The van der Waals surface area contributed by atoms with E-state index < -0.39 is 48.9 Å². The molecule has 9 nitrogen and oxygen atoms in total. The van der Waals surface area contributed by atoms with Gasteiger partial charge < -0.3 is 28.0 Å². The Morgan fingerprint density at radius 1 is 0.833 bits per heavy atom. The number of rotatable bonds is 8. The van der Waals surface area contributed by atoms with Gasteiger partial charge in [0.05, 0.1) is 12.8 Å². The summed E-state index contributed by atoms with van der Waals surface area (Å²) in [6.45, 7) is 0. The maximum atomic E-state index is 10.6. The summed E-state index contributed by atoms with van der Waals surface area (Å²) in [5.74, 6) is -6.36. The molecular weight excluding hydrogens is 280 g/mol. The summed E-state index contributed by atoms with van der Waals surface area (Å²) >= 11 is 0. The smallest absolute Gasteiger partial charge is 1.00 e. The Morgan fingerprint density at radius 2 is 1.11 bits per heavy atom. The van der Waals surface area contributed by atoms with Crippen LogP contribution in [0.2, 0.25) is 0 Å². The first-order chi connectivity index (χ1) is 7.73. The first-order valence-electron chi connectivity index (χ1n) is 4.28. The SMILES string of the molecule is O=C(O)CC(OC(CC(=O)O)C(=O)O)C(=O)O.[Ca+2].[H-].[H-]. The van der Waals surface area contributed by atoms with E-state index in [-0.39, 0.29) is 40.6 Å². The van der Waals surface area contributed by atoms with E-state index in [2.05, 4.69) is 4.74 Å². The van der Waals surface area contributed by atoms with Crippen LogP contribution in [-0.2, 0) is 23.9 Å². The molecule has 100 valence electrons. The summed E-state index contributed by atoms with van der Waals surface area (Å²) in [6, 6.07) is 0. The van der Waals surface area contributed by atoms with E-state index in [0.717, 1.165) is 0 Å². The topological polar surface area (TPSA) is 158 Å². The third-order valence-electron chi connectivity index (χ3n) is 1.60. The Kier molecular flexibility index (Phi) is 9.81. The van der Waals surface area contributed by atoms with Crippen molar-refractivity contribution in [2.45, 2.75) is 25.0 Å². The zero-order valence-electron chi connectivity index (χ0n) is 11.1. The second-order valence-corrected chi connectivity index (χ2v) is 2.99. The van der Waals surface area contributed by atoms with E-state index in [1.54, 1.807) is 0 Å². The van der Waals surface area contributed by atoms with Crippen molar-refractivity contribution < 1.29 is 47.2 Å². The van der Waals surface area contributed by atoms with Crippen molar-refractivity contribution in [2.24, 2.45) is 0 Å². The van der Waals surface area contributed by atoms with Gasteiger partial charge in [0.2, 0.25) is 0 Å². The Labute approximate surface area is 133 Å². The van der Waals surface area contributed by atoms with Crippen molar-refractivity contribution in [2.75, 3.05) is 0 Å². The van der Waals surface area contributed by atoms with Crippen molar-refractivity contribution in [1.82, 2.24) is 0 Å². The first-order valence-corrected chi connectivity index (χ1v) is 4.28. The molecular formula is C8H12CaO9. The molecule has 0 saturated carbocycles. The molecule has 0 amide bonds. The van der Waals surface area contributed by atoms with Crippen LogP contribution in [0.25, 0.3) is 0 Å². The fourth-order valence-corrected chi connectivity index (χ4v) is 0.903. The Hall–Kier alpha value is -0.900. The molecule has 0 saturated heterocycles. The molecule has 0 aromatic rings. The van der Waals surface area contributed by atoms with Gasteiger partial charge in [0.1, 0.15) is 0 Å². The largest absolute Gasteiger partial charge is 2.00 e. The molecule has 2 unspecified atom stereocenters. The van der Waals surface area contributed by atoms with Crippen molar-refractivity contribution in [1.29, 1.82) is 0 Å². The molecule has 0 aliphatic heterocycles. The zero-order valence-corrected chi connectivity index (χ0v) is 11.3. The van der Waals surface area contributed by atoms with Gasteiger partial charge in [-0.3, -0.25) is 9.59 Å². The first kappa shape index (κ1) is 19.4. The average Bonchev–Trinajstić information content (AvgIpc) is 2.13. The molecule has 0 spiro atoms. The fourth-order valence-electron chi connectivity index (χ4n) is 0.903. The van der Waals surface area contributed by atoms with Crippen LogP contribution in [-0.4, -0.2) is 94.2 Å². The number of ether oxygens (including phenoxy) is 1. The summed E-state index contributed by atoms with van der Waals surface area (Å²) in [5.41, 5.74) is 0. The number of aliphatic carboxylic acids is 4. The summed E-state index contributed by atoms with van der Waals surface area (Å²) in [7, 11) is 0. The van der Waals surface area contributed by atoms with E-state index in [1.165, 1.54) is 0 Å². The van der Waals surface area contributed by atoms with Crippen LogP contribution in [0, 0.1) is 0 Å². The molecule has 0 aromatic heterocycles. The van der Waals surface area contributed by atoms with E-state index in [0.29, 0.717) is 0 Å². The van der Waals surface area contributed by atoms with Crippen molar-refractivity contribution in [3.63, 3.8) is 0 Å². The minimum absolute atomic E-state index is 0. The maximum absolute atomic E-state index is 10.6. The van der Waals surface area contributed by atoms with E-state index in [1.807, 2.05) is 0 Å². The molecule has 4 N–H and O–H groups in total. The van der Waals surface area contributed by atoms with Crippen LogP contribution in [0.4, 0.5) is 0 Å². The second kappa shape index (κ2) is 9.09. The van der Waals surface area contributed by atoms with Gasteiger partial charge in [-0.15, -0.1) is 0 Å². The molecule has 0 aromatic carbocycles. The molecule has 0 radical (unpaired) electrons. The Bertz CT molecular complexity index is 317. The molecule has 2 atom stereocenters. The molecule has 18 heavy (non-hydrogen) atoms. The quantitative estimate of drug-likeness (QED) is 0.399. The van der Waals surface area contributed by atoms with Crippen molar-refractivity contribution in [3.05, 3.63) is 0 Å².